The number of rotatable bonds is 6. The highest BCUT2D eigenvalue weighted by atomic mass is 32.2. The second kappa shape index (κ2) is 6.92. The van der Waals surface area contributed by atoms with Gasteiger partial charge >= 0.3 is 5.51 Å². The summed E-state index contributed by atoms with van der Waals surface area (Å²) in [6.07, 6.45) is 1.79. The number of halogens is 3. The van der Waals surface area contributed by atoms with Crippen molar-refractivity contribution >= 4 is 21.2 Å². The maximum Gasteiger partial charge on any atom is 0.501 e. The molecule has 0 fully saturated rings. The van der Waals surface area contributed by atoms with Crippen molar-refractivity contribution in [2.45, 2.75) is 16.5 Å². The summed E-state index contributed by atoms with van der Waals surface area (Å²) in [5.74, 6) is 0. The van der Waals surface area contributed by atoms with Crippen LogP contribution >= 0.6 is 0 Å². The number of anilines is 1. The zero-order valence-electron chi connectivity index (χ0n) is 13.1. The Morgan fingerprint density at radius 3 is 2.58 bits per heavy atom. The summed E-state index contributed by atoms with van der Waals surface area (Å²) in [5, 5.41) is 27.4. The monoisotopic (exact) mass is 394 g/mol. The van der Waals surface area contributed by atoms with Crippen LogP contribution < -0.4 is 5.32 Å². The third-order valence-corrected chi connectivity index (χ3v) is 4.86. The summed E-state index contributed by atoms with van der Waals surface area (Å²) in [4.78, 5) is 8.82. The molecule has 9 nitrogen and oxygen atoms in total. The number of nitrogens with one attached hydrogen (secondary N) is 1. The van der Waals surface area contributed by atoms with Gasteiger partial charge in [-0.15, -0.1) is 0 Å². The molecule has 1 heterocycles. The lowest BCUT2D eigenvalue weighted by atomic mass is 10.2. The van der Waals surface area contributed by atoms with Crippen molar-refractivity contribution in [2.24, 2.45) is 7.05 Å². The summed E-state index contributed by atoms with van der Waals surface area (Å²) >= 11 is 0. The van der Waals surface area contributed by atoms with E-state index in [1.807, 2.05) is 0 Å². The fraction of sp³-hybridized carbons (Fsp3) is 0.308. The number of alkyl halides is 3. The van der Waals surface area contributed by atoms with Gasteiger partial charge in [0.2, 0.25) is 0 Å². The zero-order chi connectivity index (χ0) is 19.7. The Bertz CT molecular complexity index is 926. The first kappa shape index (κ1) is 19.7. The van der Waals surface area contributed by atoms with E-state index in [9.17, 15) is 36.8 Å². The molecule has 0 amide bonds. The van der Waals surface area contributed by atoms with Gasteiger partial charge in [0.05, 0.1) is 22.1 Å². The third-order valence-electron chi connectivity index (χ3n) is 3.38. The van der Waals surface area contributed by atoms with Crippen molar-refractivity contribution in [3.63, 3.8) is 0 Å². The number of benzene rings is 1. The molecular weight excluding hydrogens is 381 g/mol. The van der Waals surface area contributed by atoms with E-state index in [0.29, 0.717) is 17.7 Å². The van der Waals surface area contributed by atoms with Gasteiger partial charge in [0.15, 0.2) is 0 Å². The molecule has 13 heteroatoms. The molecule has 2 rings (SSSR count). The number of hydrogen-bond donors (Lipinski definition) is 2. The van der Waals surface area contributed by atoms with E-state index in [0.717, 1.165) is 6.07 Å². The Labute approximate surface area is 145 Å². The molecule has 1 atom stereocenters. The Morgan fingerprint density at radius 1 is 1.42 bits per heavy atom. The number of aromatic nitrogens is 2. The Hall–Kier alpha value is -2.67. The van der Waals surface area contributed by atoms with Gasteiger partial charge in [-0.05, 0) is 12.1 Å². The molecule has 0 saturated carbocycles. The van der Waals surface area contributed by atoms with Crippen LogP contribution in [0.25, 0.3) is 0 Å². The predicted molar refractivity (Wildman–Crippen MR) is 83.0 cm³/mol. The molecule has 0 bridgehead atoms. The van der Waals surface area contributed by atoms with Crippen LogP contribution in [0.5, 0.6) is 0 Å². The lowest BCUT2D eigenvalue weighted by Crippen LogP contribution is -2.23. The molecule has 0 saturated heterocycles. The van der Waals surface area contributed by atoms with Gasteiger partial charge in [0, 0.05) is 31.4 Å². The van der Waals surface area contributed by atoms with Crippen LogP contribution in [0.3, 0.4) is 0 Å². The highest BCUT2D eigenvalue weighted by molar-refractivity contribution is 7.92. The van der Waals surface area contributed by atoms with Crippen LogP contribution in [-0.2, 0) is 16.9 Å². The van der Waals surface area contributed by atoms with Gasteiger partial charge in [-0.2, -0.15) is 18.3 Å². The smallest absolute Gasteiger partial charge is 0.386 e. The van der Waals surface area contributed by atoms with Gasteiger partial charge in [-0.3, -0.25) is 14.8 Å². The number of aryl methyl sites for hydroxylation is 1. The number of nitro benzene ring substituents is 1. The maximum absolute atomic E-state index is 12.6. The summed E-state index contributed by atoms with van der Waals surface area (Å²) < 4.78 is 61.9. The van der Waals surface area contributed by atoms with Crippen molar-refractivity contribution < 1.29 is 31.6 Å². The molecule has 26 heavy (non-hydrogen) atoms. The Morgan fingerprint density at radius 2 is 2.08 bits per heavy atom. The molecule has 2 aromatic rings. The summed E-state index contributed by atoms with van der Waals surface area (Å²) in [5.41, 5.74) is -6.27. The second-order valence-corrected chi connectivity index (χ2v) is 7.17. The molecule has 0 aliphatic rings. The molecule has 0 aliphatic heterocycles. The van der Waals surface area contributed by atoms with Gasteiger partial charge in [-0.1, -0.05) is 0 Å². The van der Waals surface area contributed by atoms with Gasteiger partial charge in [0.1, 0.15) is 5.69 Å². The lowest BCUT2D eigenvalue weighted by molar-refractivity contribution is -0.384. The molecule has 1 aromatic carbocycles. The van der Waals surface area contributed by atoms with Crippen LogP contribution in [0, 0.1) is 10.1 Å². The summed E-state index contributed by atoms with van der Waals surface area (Å²) in [6.45, 7) is -0.210. The molecular formula is C13H13F3N4O5S. The largest absolute Gasteiger partial charge is 0.501 e. The standard InChI is InChI=1S/C13H13F3N4O5S/c1-19-7-8(5-18-19)12(21)6-17-10-3-2-9(4-11(10)20(22)23)26(24,25)13(14,15)16/h2-5,7,12,17,21H,6H2,1H3. The average molecular weight is 394 g/mol. The lowest BCUT2D eigenvalue weighted by Gasteiger charge is -2.13. The molecule has 0 radical (unpaired) electrons. The quantitative estimate of drug-likeness (QED) is 0.564. The molecule has 1 aromatic heterocycles. The van der Waals surface area contributed by atoms with Crippen molar-refractivity contribution in [1.29, 1.82) is 0 Å². The number of nitro groups is 1. The van der Waals surface area contributed by atoms with Crippen molar-refractivity contribution in [1.82, 2.24) is 9.78 Å². The highest BCUT2D eigenvalue weighted by Gasteiger charge is 2.47. The number of sulfone groups is 1. The van der Waals surface area contributed by atoms with E-state index in [-0.39, 0.29) is 12.2 Å². The highest BCUT2D eigenvalue weighted by Crippen LogP contribution is 2.34. The number of aliphatic hydroxyl groups excluding tert-OH is 1. The Kier molecular flexibility index (Phi) is 5.23. The third kappa shape index (κ3) is 3.94. The minimum atomic E-state index is -5.71. The minimum absolute atomic E-state index is 0.210. The van der Waals surface area contributed by atoms with Crippen molar-refractivity contribution in [3.05, 3.63) is 46.3 Å². The van der Waals surface area contributed by atoms with Crippen LogP contribution in [0.4, 0.5) is 24.5 Å². The van der Waals surface area contributed by atoms with E-state index in [2.05, 4.69) is 10.4 Å². The van der Waals surface area contributed by atoms with E-state index in [4.69, 9.17) is 0 Å². The molecule has 2 N–H and O–H groups in total. The van der Waals surface area contributed by atoms with E-state index in [1.165, 1.54) is 17.1 Å². The maximum atomic E-state index is 12.6. The van der Waals surface area contributed by atoms with Crippen molar-refractivity contribution in [2.75, 3.05) is 11.9 Å². The first-order chi connectivity index (χ1) is 11.9. The molecule has 142 valence electrons. The van der Waals surface area contributed by atoms with E-state index >= 15 is 0 Å². The van der Waals surface area contributed by atoms with Crippen LogP contribution in [-0.4, -0.2) is 40.3 Å². The normalized spacial score (nSPS) is 13.4. The van der Waals surface area contributed by atoms with Gasteiger partial charge < -0.3 is 10.4 Å². The summed E-state index contributed by atoms with van der Waals surface area (Å²) in [7, 11) is -4.09. The van der Waals surface area contributed by atoms with E-state index < -0.39 is 37.0 Å². The fourth-order valence-corrected chi connectivity index (χ4v) is 2.83. The first-order valence-electron chi connectivity index (χ1n) is 6.93. The number of aliphatic hydroxyl groups is 1. The second-order valence-electron chi connectivity index (χ2n) is 5.23. The SMILES string of the molecule is Cn1cc(C(O)CNc2ccc(S(=O)(=O)C(F)(F)F)cc2[N+](=O)[O-])cn1. The van der Waals surface area contributed by atoms with Gasteiger partial charge in [0.25, 0.3) is 15.5 Å². The summed E-state index contributed by atoms with van der Waals surface area (Å²) in [6, 6.07) is 1.77. The number of hydrogen-bond acceptors (Lipinski definition) is 7. The first-order valence-corrected chi connectivity index (χ1v) is 8.42. The van der Waals surface area contributed by atoms with Crippen LogP contribution in [0.1, 0.15) is 11.7 Å². The minimum Gasteiger partial charge on any atom is -0.386 e. The van der Waals surface area contributed by atoms with Gasteiger partial charge in [-0.25, -0.2) is 8.42 Å². The fourth-order valence-electron chi connectivity index (χ4n) is 2.05. The van der Waals surface area contributed by atoms with Crippen LogP contribution in [0.2, 0.25) is 0 Å². The zero-order valence-corrected chi connectivity index (χ0v) is 14.0. The van der Waals surface area contributed by atoms with E-state index in [1.54, 1.807) is 7.05 Å². The molecule has 0 aliphatic carbocycles. The Balaban J connectivity index is 2.28. The molecule has 1 unspecified atom stereocenters. The molecule has 0 spiro atoms. The van der Waals surface area contributed by atoms with Crippen molar-refractivity contribution in [3.8, 4) is 0 Å². The predicted octanol–water partition coefficient (Wildman–Crippen LogP) is 1.77. The average Bonchev–Trinajstić information content (AvgIpc) is 2.97. The topological polar surface area (TPSA) is 127 Å². The van der Waals surface area contributed by atoms with Crippen LogP contribution in [0.15, 0.2) is 35.5 Å². The number of nitrogens with zero attached hydrogens (tertiary/aromatic N) is 3.